The fourth-order valence-electron chi connectivity index (χ4n) is 0.986. The van der Waals surface area contributed by atoms with E-state index in [1.807, 2.05) is 0 Å². The highest BCUT2D eigenvalue weighted by Crippen LogP contribution is 2.15. The number of aldehydes is 2. The molecule has 0 aromatic heterocycles. The lowest BCUT2D eigenvalue weighted by atomic mass is 10.1. The molecule has 0 aliphatic rings. The molecule has 70 valence electrons. The van der Waals surface area contributed by atoms with Crippen molar-refractivity contribution in [3.63, 3.8) is 0 Å². The Morgan fingerprint density at radius 2 is 2.14 bits per heavy atom. The van der Waals surface area contributed by atoms with Crippen LogP contribution in [0.15, 0.2) is 18.2 Å². The van der Waals surface area contributed by atoms with Gasteiger partial charge in [0.05, 0.1) is 7.11 Å². The summed E-state index contributed by atoms with van der Waals surface area (Å²) in [6.45, 7) is 0. The van der Waals surface area contributed by atoms with Gasteiger partial charge in [-0.3, -0.25) is 9.59 Å². The monoisotopic (exact) mass is 188 g/mol. The Labute approximate surface area is 81.7 Å². The first-order chi connectivity index (χ1) is 6.81. The Kier molecular flexibility index (Phi) is 3.45. The highest BCUT2D eigenvalue weighted by molar-refractivity contribution is 5.82. The zero-order valence-electron chi connectivity index (χ0n) is 7.61. The number of benzene rings is 1. The predicted molar refractivity (Wildman–Crippen MR) is 51.3 cm³/mol. The van der Waals surface area contributed by atoms with Crippen LogP contribution >= 0.6 is 0 Å². The fourth-order valence-corrected chi connectivity index (χ4v) is 0.986. The van der Waals surface area contributed by atoms with E-state index in [0.29, 0.717) is 29.4 Å². The molecule has 0 atom stereocenters. The summed E-state index contributed by atoms with van der Waals surface area (Å²) in [4.78, 5) is 20.7. The van der Waals surface area contributed by atoms with Crippen LogP contribution in [0.5, 0.6) is 5.75 Å². The van der Waals surface area contributed by atoms with E-state index in [0.717, 1.165) is 0 Å². The minimum absolute atomic E-state index is 0.415. The van der Waals surface area contributed by atoms with E-state index in [1.165, 1.54) is 7.11 Å². The molecule has 0 heterocycles. The van der Waals surface area contributed by atoms with Crippen LogP contribution in [0.2, 0.25) is 0 Å². The number of methoxy groups -OCH3 is 1. The van der Waals surface area contributed by atoms with Crippen molar-refractivity contribution >= 4 is 12.6 Å². The number of carbonyl (C=O) groups is 2. The minimum atomic E-state index is 0.415. The van der Waals surface area contributed by atoms with Gasteiger partial charge in [-0.15, -0.1) is 0 Å². The van der Waals surface area contributed by atoms with Gasteiger partial charge in [0.25, 0.3) is 0 Å². The van der Waals surface area contributed by atoms with Gasteiger partial charge in [0.15, 0.2) is 12.6 Å². The average molecular weight is 188 g/mol. The Balaban J connectivity index is 3.17. The second kappa shape index (κ2) is 4.83. The van der Waals surface area contributed by atoms with Crippen LogP contribution < -0.4 is 4.74 Å². The van der Waals surface area contributed by atoms with E-state index in [9.17, 15) is 9.59 Å². The highest BCUT2D eigenvalue weighted by atomic mass is 16.5. The first kappa shape index (κ1) is 10.0. The van der Waals surface area contributed by atoms with Gasteiger partial charge in [-0.05, 0) is 24.1 Å². The summed E-state index contributed by atoms with van der Waals surface area (Å²) in [7, 11) is 1.51. The van der Waals surface area contributed by atoms with Gasteiger partial charge in [0.2, 0.25) is 0 Å². The molecule has 0 bridgehead atoms. The lowest BCUT2D eigenvalue weighted by molar-refractivity contribution is -0.103. The minimum Gasteiger partial charge on any atom is -0.497 e. The van der Waals surface area contributed by atoms with E-state index >= 15 is 0 Å². The molecule has 0 N–H and O–H groups in total. The van der Waals surface area contributed by atoms with E-state index in [2.05, 4.69) is 11.8 Å². The lowest BCUT2D eigenvalue weighted by Gasteiger charge is -2.01. The molecule has 0 amide bonds. The van der Waals surface area contributed by atoms with Crippen LogP contribution in [-0.2, 0) is 4.79 Å². The number of hydrogen-bond donors (Lipinski definition) is 0. The highest BCUT2D eigenvalue weighted by Gasteiger charge is 2.00. The third kappa shape index (κ3) is 2.20. The molecule has 0 saturated heterocycles. The molecule has 0 aliphatic carbocycles. The molecule has 3 heteroatoms. The topological polar surface area (TPSA) is 43.4 Å². The SMILES string of the molecule is COc1ccc(C#CC=O)c(C=O)c1. The smallest absolute Gasteiger partial charge is 0.193 e. The molecular weight excluding hydrogens is 180 g/mol. The van der Waals surface area contributed by atoms with Crippen LogP contribution in [0.4, 0.5) is 0 Å². The van der Waals surface area contributed by atoms with Crippen LogP contribution in [0.25, 0.3) is 0 Å². The van der Waals surface area contributed by atoms with Crippen LogP contribution in [-0.4, -0.2) is 19.7 Å². The predicted octanol–water partition coefficient (Wildman–Crippen LogP) is 1.06. The fraction of sp³-hybridized carbons (Fsp3) is 0.0909. The summed E-state index contributed by atoms with van der Waals surface area (Å²) in [5, 5.41) is 0. The summed E-state index contributed by atoms with van der Waals surface area (Å²) < 4.78 is 4.94. The maximum atomic E-state index is 10.6. The molecule has 0 unspecified atom stereocenters. The molecule has 1 aromatic rings. The maximum Gasteiger partial charge on any atom is 0.193 e. The van der Waals surface area contributed by atoms with Gasteiger partial charge in [-0.1, -0.05) is 5.92 Å². The summed E-state index contributed by atoms with van der Waals surface area (Å²) in [5.74, 6) is 5.39. The maximum absolute atomic E-state index is 10.6. The van der Waals surface area contributed by atoms with Gasteiger partial charge in [0.1, 0.15) is 5.75 Å². The quantitative estimate of drug-likeness (QED) is 0.514. The number of rotatable bonds is 2. The van der Waals surface area contributed by atoms with Gasteiger partial charge >= 0.3 is 0 Å². The van der Waals surface area contributed by atoms with Crippen LogP contribution in [0.1, 0.15) is 15.9 Å². The molecule has 0 aliphatic heterocycles. The van der Waals surface area contributed by atoms with Crippen LogP contribution in [0, 0.1) is 11.8 Å². The summed E-state index contributed by atoms with van der Waals surface area (Å²) in [5.41, 5.74) is 0.937. The molecule has 1 aromatic carbocycles. The van der Waals surface area contributed by atoms with Crippen molar-refractivity contribution in [2.75, 3.05) is 7.11 Å². The van der Waals surface area contributed by atoms with Gasteiger partial charge < -0.3 is 4.74 Å². The third-order valence-electron chi connectivity index (χ3n) is 1.65. The van der Waals surface area contributed by atoms with Crippen molar-refractivity contribution in [2.45, 2.75) is 0 Å². The molecule has 3 nitrogen and oxygen atoms in total. The molecule has 0 spiro atoms. The summed E-state index contributed by atoms with van der Waals surface area (Å²) in [6.07, 6.45) is 1.16. The Morgan fingerprint density at radius 3 is 2.71 bits per heavy atom. The number of hydrogen-bond acceptors (Lipinski definition) is 3. The zero-order valence-corrected chi connectivity index (χ0v) is 7.61. The third-order valence-corrected chi connectivity index (χ3v) is 1.65. The van der Waals surface area contributed by atoms with Gasteiger partial charge in [0, 0.05) is 11.1 Å². The molecule has 14 heavy (non-hydrogen) atoms. The molecule has 0 fully saturated rings. The van der Waals surface area contributed by atoms with Gasteiger partial charge in [-0.25, -0.2) is 0 Å². The molecule has 0 saturated carbocycles. The number of carbonyl (C=O) groups excluding carboxylic acids is 2. The van der Waals surface area contributed by atoms with Crippen LogP contribution in [0.3, 0.4) is 0 Å². The standard InChI is InChI=1S/C11H8O3/c1-14-11-5-4-9(3-2-6-12)10(7-11)8-13/h4-8H,1H3. The van der Waals surface area contributed by atoms with Crippen molar-refractivity contribution < 1.29 is 14.3 Å². The normalized spacial score (nSPS) is 8.36. The summed E-state index contributed by atoms with van der Waals surface area (Å²) in [6, 6.07) is 4.89. The first-order valence-electron chi connectivity index (χ1n) is 3.90. The molecule has 1 rings (SSSR count). The Morgan fingerprint density at radius 1 is 1.36 bits per heavy atom. The molecule has 0 radical (unpaired) electrons. The van der Waals surface area contributed by atoms with Crippen molar-refractivity contribution in [1.82, 2.24) is 0 Å². The second-order valence-corrected chi connectivity index (χ2v) is 2.46. The van der Waals surface area contributed by atoms with Gasteiger partial charge in [-0.2, -0.15) is 0 Å². The van der Waals surface area contributed by atoms with E-state index in [-0.39, 0.29) is 0 Å². The largest absolute Gasteiger partial charge is 0.497 e. The lowest BCUT2D eigenvalue weighted by Crippen LogP contribution is -1.90. The average Bonchev–Trinajstić information content (AvgIpc) is 2.26. The van der Waals surface area contributed by atoms with E-state index in [4.69, 9.17) is 4.74 Å². The molecular formula is C11H8O3. The summed E-state index contributed by atoms with van der Waals surface area (Å²) >= 11 is 0. The van der Waals surface area contributed by atoms with E-state index < -0.39 is 0 Å². The van der Waals surface area contributed by atoms with Crippen molar-refractivity contribution in [1.29, 1.82) is 0 Å². The van der Waals surface area contributed by atoms with Crippen molar-refractivity contribution in [3.8, 4) is 17.6 Å². The zero-order chi connectivity index (χ0) is 10.4. The Bertz CT molecular complexity index is 410. The first-order valence-corrected chi connectivity index (χ1v) is 3.90. The number of ether oxygens (including phenoxy) is 1. The van der Waals surface area contributed by atoms with Crippen molar-refractivity contribution in [2.24, 2.45) is 0 Å². The van der Waals surface area contributed by atoms with E-state index in [1.54, 1.807) is 18.2 Å². The Hall–Kier alpha value is -2.08. The van der Waals surface area contributed by atoms with Crippen molar-refractivity contribution in [3.05, 3.63) is 29.3 Å². The second-order valence-electron chi connectivity index (χ2n) is 2.46.